The lowest BCUT2D eigenvalue weighted by Gasteiger charge is -2.19. The standard InChI is InChI=1S/C11H13BrN2O4/c1-11(2,3)18-13-10(15)8-6-7(14(16)17)4-5-9(8)12/h4-6H,1-3H3,(H,13,15). The van der Waals surface area contributed by atoms with Gasteiger partial charge in [-0.25, -0.2) is 5.48 Å². The minimum absolute atomic E-state index is 0.147. The fourth-order valence-electron chi connectivity index (χ4n) is 1.06. The third-order valence-corrected chi connectivity index (χ3v) is 2.55. The number of hydroxylamine groups is 1. The van der Waals surface area contributed by atoms with Gasteiger partial charge in [-0.1, -0.05) is 0 Å². The number of nitrogens with zero attached hydrogens (tertiary/aromatic N) is 1. The average molecular weight is 317 g/mol. The molecule has 0 aromatic heterocycles. The van der Waals surface area contributed by atoms with E-state index in [1.165, 1.54) is 18.2 Å². The number of carbonyl (C=O) groups is 1. The van der Waals surface area contributed by atoms with E-state index in [1.807, 2.05) is 0 Å². The predicted molar refractivity (Wildman–Crippen MR) is 69.1 cm³/mol. The molecule has 0 radical (unpaired) electrons. The Morgan fingerprint density at radius 3 is 2.56 bits per heavy atom. The van der Waals surface area contributed by atoms with Gasteiger partial charge in [0.2, 0.25) is 0 Å². The van der Waals surface area contributed by atoms with Gasteiger partial charge in [-0.05, 0) is 42.8 Å². The van der Waals surface area contributed by atoms with E-state index in [1.54, 1.807) is 20.8 Å². The molecule has 0 saturated carbocycles. The maximum Gasteiger partial charge on any atom is 0.276 e. The second kappa shape index (κ2) is 5.45. The molecule has 7 heteroatoms. The van der Waals surface area contributed by atoms with E-state index in [4.69, 9.17) is 4.84 Å². The Morgan fingerprint density at radius 1 is 1.44 bits per heavy atom. The Labute approximate surface area is 113 Å². The first-order valence-electron chi connectivity index (χ1n) is 5.13. The Bertz CT molecular complexity index is 482. The van der Waals surface area contributed by atoms with Gasteiger partial charge in [-0.15, -0.1) is 0 Å². The number of nitro benzene ring substituents is 1. The van der Waals surface area contributed by atoms with Gasteiger partial charge < -0.3 is 0 Å². The molecular weight excluding hydrogens is 304 g/mol. The Balaban J connectivity index is 2.91. The van der Waals surface area contributed by atoms with Crippen molar-refractivity contribution in [1.29, 1.82) is 0 Å². The van der Waals surface area contributed by atoms with E-state index in [0.717, 1.165) is 0 Å². The molecule has 0 atom stereocenters. The Hall–Kier alpha value is -1.47. The minimum atomic E-state index is -0.562. The maximum atomic E-state index is 11.8. The van der Waals surface area contributed by atoms with Gasteiger partial charge in [0.15, 0.2) is 0 Å². The summed E-state index contributed by atoms with van der Waals surface area (Å²) in [5.41, 5.74) is 1.71. The fraction of sp³-hybridized carbons (Fsp3) is 0.364. The number of amides is 1. The van der Waals surface area contributed by atoms with Crippen LogP contribution in [0.2, 0.25) is 0 Å². The summed E-state index contributed by atoms with van der Waals surface area (Å²) in [5, 5.41) is 10.6. The van der Waals surface area contributed by atoms with Gasteiger partial charge in [0.05, 0.1) is 16.1 Å². The van der Waals surface area contributed by atoms with Crippen LogP contribution >= 0.6 is 15.9 Å². The summed E-state index contributed by atoms with van der Waals surface area (Å²) >= 11 is 3.16. The third kappa shape index (κ3) is 4.08. The molecule has 0 unspecified atom stereocenters. The van der Waals surface area contributed by atoms with Gasteiger partial charge in [0, 0.05) is 16.6 Å². The van der Waals surface area contributed by atoms with E-state index in [9.17, 15) is 14.9 Å². The molecule has 0 fully saturated rings. The quantitative estimate of drug-likeness (QED) is 0.686. The zero-order valence-corrected chi connectivity index (χ0v) is 11.8. The van der Waals surface area contributed by atoms with Crippen molar-refractivity contribution in [1.82, 2.24) is 5.48 Å². The van der Waals surface area contributed by atoms with Crippen LogP contribution in [0, 0.1) is 10.1 Å². The van der Waals surface area contributed by atoms with Crippen LogP contribution in [0.1, 0.15) is 31.1 Å². The molecular formula is C11H13BrN2O4. The highest BCUT2D eigenvalue weighted by Gasteiger charge is 2.18. The zero-order valence-electron chi connectivity index (χ0n) is 10.2. The molecule has 98 valence electrons. The van der Waals surface area contributed by atoms with Gasteiger partial charge in [0.1, 0.15) is 0 Å². The number of non-ortho nitro benzene ring substituents is 1. The zero-order chi connectivity index (χ0) is 13.9. The van der Waals surface area contributed by atoms with E-state index in [-0.39, 0.29) is 11.3 Å². The van der Waals surface area contributed by atoms with Gasteiger partial charge in [-0.3, -0.25) is 19.7 Å². The first-order chi connectivity index (χ1) is 8.20. The van der Waals surface area contributed by atoms with Crippen LogP contribution in [0.5, 0.6) is 0 Å². The van der Waals surface area contributed by atoms with Crippen LogP contribution < -0.4 is 5.48 Å². The van der Waals surface area contributed by atoms with E-state index < -0.39 is 16.4 Å². The topological polar surface area (TPSA) is 81.5 Å². The van der Waals surface area contributed by atoms with Crippen LogP contribution in [-0.2, 0) is 4.84 Å². The molecule has 0 aliphatic carbocycles. The highest BCUT2D eigenvalue weighted by molar-refractivity contribution is 9.10. The normalized spacial score (nSPS) is 11.1. The number of nitrogens with one attached hydrogen (secondary N) is 1. The number of carbonyl (C=O) groups excluding carboxylic acids is 1. The lowest BCUT2D eigenvalue weighted by Crippen LogP contribution is -2.33. The van der Waals surface area contributed by atoms with Crippen molar-refractivity contribution in [3.8, 4) is 0 Å². The van der Waals surface area contributed by atoms with Crippen LogP contribution in [0.25, 0.3) is 0 Å². The maximum absolute atomic E-state index is 11.8. The summed E-state index contributed by atoms with van der Waals surface area (Å²) in [7, 11) is 0. The molecule has 0 saturated heterocycles. The highest BCUT2D eigenvalue weighted by Crippen LogP contribution is 2.22. The summed E-state index contributed by atoms with van der Waals surface area (Å²) in [6.45, 7) is 5.32. The monoisotopic (exact) mass is 316 g/mol. The molecule has 1 rings (SSSR count). The lowest BCUT2D eigenvalue weighted by atomic mass is 10.2. The van der Waals surface area contributed by atoms with Gasteiger partial charge in [-0.2, -0.15) is 0 Å². The first kappa shape index (κ1) is 14.6. The molecule has 1 aromatic rings. The number of benzene rings is 1. The summed E-state index contributed by atoms with van der Waals surface area (Å²) in [5.74, 6) is -0.541. The van der Waals surface area contributed by atoms with Crippen molar-refractivity contribution in [2.75, 3.05) is 0 Å². The lowest BCUT2D eigenvalue weighted by molar-refractivity contribution is -0.384. The molecule has 0 aliphatic heterocycles. The average Bonchev–Trinajstić information content (AvgIpc) is 2.25. The second-order valence-electron chi connectivity index (χ2n) is 4.57. The van der Waals surface area contributed by atoms with Gasteiger partial charge >= 0.3 is 0 Å². The molecule has 0 aliphatic rings. The Morgan fingerprint density at radius 2 is 2.06 bits per heavy atom. The number of hydrogen-bond donors (Lipinski definition) is 1. The molecule has 6 nitrogen and oxygen atoms in total. The molecule has 1 aromatic carbocycles. The van der Waals surface area contributed by atoms with E-state index in [0.29, 0.717) is 4.47 Å². The van der Waals surface area contributed by atoms with Crippen molar-refractivity contribution in [3.63, 3.8) is 0 Å². The largest absolute Gasteiger partial charge is 0.276 e. The van der Waals surface area contributed by atoms with Crippen molar-refractivity contribution in [2.24, 2.45) is 0 Å². The summed E-state index contributed by atoms with van der Waals surface area (Å²) in [4.78, 5) is 27.0. The smallest absolute Gasteiger partial charge is 0.268 e. The summed E-state index contributed by atoms with van der Waals surface area (Å²) in [6, 6.07) is 3.95. The molecule has 0 bridgehead atoms. The summed E-state index contributed by atoms with van der Waals surface area (Å²) < 4.78 is 0.461. The van der Waals surface area contributed by atoms with Crippen LogP contribution in [0.4, 0.5) is 5.69 Å². The molecule has 1 amide bonds. The van der Waals surface area contributed by atoms with Crippen molar-refractivity contribution >= 4 is 27.5 Å². The molecule has 0 heterocycles. The SMILES string of the molecule is CC(C)(C)ONC(=O)c1cc([N+](=O)[O-])ccc1Br. The van der Waals surface area contributed by atoms with Gasteiger partial charge in [0.25, 0.3) is 11.6 Å². The minimum Gasteiger partial charge on any atom is -0.268 e. The molecule has 1 N–H and O–H groups in total. The van der Waals surface area contributed by atoms with Crippen molar-refractivity contribution < 1.29 is 14.6 Å². The fourth-order valence-corrected chi connectivity index (χ4v) is 1.48. The van der Waals surface area contributed by atoms with E-state index in [2.05, 4.69) is 21.4 Å². The third-order valence-electron chi connectivity index (χ3n) is 1.86. The highest BCUT2D eigenvalue weighted by atomic mass is 79.9. The predicted octanol–water partition coefficient (Wildman–Crippen LogP) is 2.82. The van der Waals surface area contributed by atoms with Crippen LogP contribution in [-0.4, -0.2) is 16.4 Å². The molecule has 0 spiro atoms. The summed E-state index contributed by atoms with van der Waals surface area (Å²) in [6.07, 6.45) is 0. The second-order valence-corrected chi connectivity index (χ2v) is 5.42. The molecule has 18 heavy (non-hydrogen) atoms. The van der Waals surface area contributed by atoms with Crippen LogP contribution in [0.3, 0.4) is 0 Å². The van der Waals surface area contributed by atoms with Crippen LogP contribution in [0.15, 0.2) is 22.7 Å². The van der Waals surface area contributed by atoms with Crippen molar-refractivity contribution in [3.05, 3.63) is 38.3 Å². The van der Waals surface area contributed by atoms with E-state index >= 15 is 0 Å². The Kier molecular flexibility index (Phi) is 4.42. The van der Waals surface area contributed by atoms with Crippen molar-refractivity contribution in [2.45, 2.75) is 26.4 Å². The number of nitro groups is 1. The number of rotatable bonds is 3. The first-order valence-corrected chi connectivity index (χ1v) is 5.92. The number of halogens is 1. The number of hydrogen-bond acceptors (Lipinski definition) is 4.